The number of nitrogens with one attached hydrogen (secondary N) is 1. The van der Waals surface area contributed by atoms with Gasteiger partial charge < -0.3 is 19.5 Å². The van der Waals surface area contributed by atoms with Crippen LogP contribution in [0.25, 0.3) is 10.9 Å². The molecule has 1 amide bonds. The normalized spacial score (nSPS) is 20.8. The maximum Gasteiger partial charge on any atom is 0.254 e. The number of aryl methyl sites for hydroxylation is 1. The summed E-state index contributed by atoms with van der Waals surface area (Å²) in [6.45, 7) is 2.67. The number of carbonyl (C=O) groups excluding carboxylic acids is 1. The molecule has 1 saturated heterocycles. The van der Waals surface area contributed by atoms with Gasteiger partial charge in [0.1, 0.15) is 0 Å². The molecule has 24 heavy (non-hydrogen) atoms. The summed E-state index contributed by atoms with van der Waals surface area (Å²) in [6, 6.07) is 7.54. The lowest BCUT2D eigenvalue weighted by Gasteiger charge is -2.16. The summed E-state index contributed by atoms with van der Waals surface area (Å²) in [6.07, 6.45) is 1.83. The lowest BCUT2D eigenvalue weighted by molar-refractivity contribution is 0.0783. The summed E-state index contributed by atoms with van der Waals surface area (Å²) in [7, 11) is 0. The minimum absolute atomic E-state index is 0.0236. The molecule has 7 heteroatoms. The number of nitrogens with zero attached hydrogens (tertiary/aromatic N) is 3. The summed E-state index contributed by atoms with van der Waals surface area (Å²) in [5.74, 6) is 0.771. The predicted molar refractivity (Wildman–Crippen MR) is 86.6 cm³/mol. The summed E-state index contributed by atoms with van der Waals surface area (Å²) in [4.78, 5) is 22.1. The zero-order valence-electron chi connectivity index (χ0n) is 13.3. The number of hydrogen-bond donors (Lipinski definition) is 2. The maximum atomic E-state index is 13.0. The van der Waals surface area contributed by atoms with Crippen LogP contribution in [0.15, 0.2) is 35.0 Å². The summed E-state index contributed by atoms with van der Waals surface area (Å²) >= 11 is 0. The Morgan fingerprint density at radius 2 is 2.29 bits per heavy atom. The number of aromatic nitrogens is 3. The van der Waals surface area contributed by atoms with Gasteiger partial charge in [-0.25, -0.2) is 0 Å². The first-order valence-electron chi connectivity index (χ1n) is 7.94. The van der Waals surface area contributed by atoms with E-state index in [1.54, 1.807) is 11.8 Å². The van der Waals surface area contributed by atoms with Gasteiger partial charge in [0.25, 0.3) is 5.91 Å². The number of carbonyl (C=O) groups is 1. The van der Waals surface area contributed by atoms with E-state index in [0.717, 1.165) is 10.9 Å². The Morgan fingerprint density at radius 3 is 3.04 bits per heavy atom. The van der Waals surface area contributed by atoms with Gasteiger partial charge in [0.15, 0.2) is 5.82 Å². The predicted octanol–water partition coefficient (Wildman–Crippen LogP) is 1.71. The highest BCUT2D eigenvalue weighted by molar-refractivity contribution is 6.06. The molecule has 0 unspecified atom stereocenters. The molecule has 1 aliphatic heterocycles. The number of likely N-dealkylation sites (tertiary alicyclic amines) is 1. The third kappa shape index (κ3) is 2.37. The van der Waals surface area contributed by atoms with Crippen LogP contribution in [-0.2, 0) is 0 Å². The molecule has 0 spiro atoms. The monoisotopic (exact) mass is 326 g/mol. The van der Waals surface area contributed by atoms with E-state index in [1.165, 1.54) is 0 Å². The maximum absolute atomic E-state index is 13.0. The molecule has 4 rings (SSSR count). The van der Waals surface area contributed by atoms with Crippen molar-refractivity contribution >= 4 is 16.8 Å². The lowest BCUT2D eigenvalue weighted by atomic mass is 9.97. The number of hydrogen-bond acceptors (Lipinski definition) is 5. The summed E-state index contributed by atoms with van der Waals surface area (Å²) in [5.41, 5.74) is 1.59. The molecule has 2 aromatic heterocycles. The van der Waals surface area contributed by atoms with E-state index in [1.807, 2.05) is 30.5 Å². The first-order valence-corrected chi connectivity index (χ1v) is 7.94. The zero-order chi connectivity index (χ0) is 16.7. The second-order valence-corrected chi connectivity index (χ2v) is 6.18. The molecular formula is C17H18N4O3. The molecule has 1 aliphatic rings. The van der Waals surface area contributed by atoms with Gasteiger partial charge in [-0.1, -0.05) is 11.2 Å². The van der Waals surface area contributed by atoms with Crippen LogP contribution in [0.2, 0.25) is 0 Å². The van der Waals surface area contributed by atoms with E-state index in [4.69, 9.17) is 4.52 Å². The Labute approximate surface area is 138 Å². The Kier molecular flexibility index (Phi) is 3.57. The highest BCUT2D eigenvalue weighted by Crippen LogP contribution is 2.33. The lowest BCUT2D eigenvalue weighted by Crippen LogP contribution is -2.29. The van der Waals surface area contributed by atoms with E-state index >= 15 is 0 Å². The van der Waals surface area contributed by atoms with Crippen LogP contribution < -0.4 is 0 Å². The van der Waals surface area contributed by atoms with Crippen molar-refractivity contribution in [3.63, 3.8) is 0 Å². The quantitative estimate of drug-likeness (QED) is 0.764. The van der Waals surface area contributed by atoms with E-state index < -0.39 is 0 Å². The molecule has 0 radical (unpaired) electrons. The SMILES string of the molecule is Cc1noc([C@@H]2CN(C(=O)c3cccc4[nH]ccc34)C[C@H]2CO)n1. The van der Waals surface area contributed by atoms with Crippen LogP contribution in [0.4, 0.5) is 0 Å². The second kappa shape index (κ2) is 5.76. The minimum Gasteiger partial charge on any atom is -0.396 e. The molecule has 0 bridgehead atoms. The standard InChI is InChI=1S/C17H18N4O3/c1-10-19-16(24-20-10)14-8-21(7-11(14)9-22)17(23)13-3-2-4-15-12(13)5-6-18-15/h2-6,11,14,18,22H,7-9H2,1H3/t11-,14+/m0/s1. The summed E-state index contributed by atoms with van der Waals surface area (Å²) in [5, 5.41) is 14.4. The number of fused-ring (bicyclic) bond motifs is 1. The fourth-order valence-electron chi connectivity index (χ4n) is 3.41. The largest absolute Gasteiger partial charge is 0.396 e. The zero-order valence-corrected chi connectivity index (χ0v) is 13.3. The number of aliphatic hydroxyl groups excluding tert-OH is 1. The summed E-state index contributed by atoms with van der Waals surface area (Å²) < 4.78 is 5.26. The van der Waals surface area contributed by atoms with Gasteiger partial charge in [-0.2, -0.15) is 4.98 Å². The fourth-order valence-corrected chi connectivity index (χ4v) is 3.41. The number of aromatic amines is 1. The highest BCUT2D eigenvalue weighted by Gasteiger charge is 2.39. The molecule has 3 heterocycles. The second-order valence-electron chi connectivity index (χ2n) is 6.18. The van der Waals surface area contributed by atoms with Gasteiger partial charge in [-0.05, 0) is 25.1 Å². The van der Waals surface area contributed by atoms with Crippen molar-refractivity contribution in [2.45, 2.75) is 12.8 Å². The first-order chi connectivity index (χ1) is 11.7. The molecule has 0 saturated carbocycles. The molecule has 0 aliphatic carbocycles. The Hall–Kier alpha value is -2.67. The number of H-pyrrole nitrogens is 1. The Balaban J connectivity index is 1.63. The van der Waals surface area contributed by atoms with Crippen LogP contribution >= 0.6 is 0 Å². The number of benzene rings is 1. The number of aliphatic hydroxyl groups is 1. The van der Waals surface area contributed by atoms with Gasteiger partial charge in [-0.3, -0.25) is 4.79 Å². The average Bonchev–Trinajstić information content (AvgIpc) is 3.31. The molecule has 2 atom stereocenters. The molecule has 1 fully saturated rings. The molecule has 1 aromatic carbocycles. The third-order valence-electron chi connectivity index (χ3n) is 4.65. The van der Waals surface area contributed by atoms with Crippen molar-refractivity contribution in [2.75, 3.05) is 19.7 Å². The van der Waals surface area contributed by atoms with Gasteiger partial charge in [0, 0.05) is 48.3 Å². The van der Waals surface area contributed by atoms with Crippen molar-refractivity contribution < 1.29 is 14.4 Å². The highest BCUT2D eigenvalue weighted by atomic mass is 16.5. The fraction of sp³-hybridized carbons (Fsp3) is 0.353. The van der Waals surface area contributed by atoms with Crippen molar-refractivity contribution in [3.05, 3.63) is 47.7 Å². The first kappa shape index (κ1) is 14.9. The van der Waals surface area contributed by atoms with Crippen molar-refractivity contribution in [1.29, 1.82) is 0 Å². The van der Waals surface area contributed by atoms with Gasteiger partial charge >= 0.3 is 0 Å². The van der Waals surface area contributed by atoms with E-state index in [9.17, 15) is 9.90 Å². The molecule has 3 aromatic rings. The van der Waals surface area contributed by atoms with Gasteiger partial charge in [0.2, 0.25) is 5.89 Å². The van der Waals surface area contributed by atoms with Crippen LogP contribution in [0.3, 0.4) is 0 Å². The molecule has 7 nitrogen and oxygen atoms in total. The topological polar surface area (TPSA) is 95.2 Å². The third-order valence-corrected chi connectivity index (χ3v) is 4.65. The number of amides is 1. The van der Waals surface area contributed by atoms with Crippen LogP contribution in [0, 0.1) is 12.8 Å². The van der Waals surface area contributed by atoms with Crippen LogP contribution in [0.5, 0.6) is 0 Å². The van der Waals surface area contributed by atoms with Gasteiger partial charge in [-0.15, -0.1) is 0 Å². The van der Waals surface area contributed by atoms with E-state index in [2.05, 4.69) is 15.1 Å². The minimum atomic E-state index is -0.134. The van der Waals surface area contributed by atoms with Gasteiger partial charge in [0.05, 0.1) is 5.92 Å². The molecular weight excluding hydrogens is 308 g/mol. The van der Waals surface area contributed by atoms with E-state index in [0.29, 0.717) is 30.4 Å². The smallest absolute Gasteiger partial charge is 0.254 e. The van der Waals surface area contributed by atoms with Crippen LogP contribution in [-0.4, -0.2) is 50.7 Å². The average molecular weight is 326 g/mol. The number of rotatable bonds is 3. The Morgan fingerprint density at radius 1 is 1.42 bits per heavy atom. The van der Waals surface area contributed by atoms with Crippen molar-refractivity contribution in [2.24, 2.45) is 5.92 Å². The van der Waals surface area contributed by atoms with E-state index in [-0.39, 0.29) is 24.3 Å². The van der Waals surface area contributed by atoms with Crippen LogP contribution in [0.1, 0.15) is 28.0 Å². The molecule has 124 valence electrons. The molecule has 2 N–H and O–H groups in total. The van der Waals surface area contributed by atoms with Crippen molar-refractivity contribution in [3.8, 4) is 0 Å². The Bertz CT molecular complexity index is 885. The van der Waals surface area contributed by atoms with Crippen molar-refractivity contribution in [1.82, 2.24) is 20.0 Å².